The van der Waals surface area contributed by atoms with Gasteiger partial charge in [0.05, 0.1) is 17.6 Å². The third kappa shape index (κ3) is 4.70. The Hall–Kier alpha value is -3.28. The maximum Gasteiger partial charge on any atom is 0.451 e. The second-order valence-corrected chi connectivity index (χ2v) is 10.4. The van der Waals surface area contributed by atoms with E-state index in [0.29, 0.717) is 6.42 Å². The van der Waals surface area contributed by atoms with Crippen LogP contribution in [0.3, 0.4) is 0 Å². The molecule has 2 N–H and O–H groups in total. The first kappa shape index (κ1) is 26.3. The second kappa shape index (κ2) is 10.1. The van der Waals surface area contributed by atoms with E-state index in [9.17, 15) is 22.8 Å². The van der Waals surface area contributed by atoms with Crippen LogP contribution in [0.1, 0.15) is 78.7 Å². The standard InChI is InChI=1S/C26H30F4N6O2/c1-3-6-21-22-32-34-25(26(28,29)30)36(22)14(2)13-35(21)24(38)18-11-15(9-10-19(18)27)12-20-16-7-4-5-8-17(16)23(37)33-31-20/h3,9-11,14,16-17,20-21,31H,1,4-8,12-13H2,2H3,(H,33,37). The topological polar surface area (TPSA) is 92.2 Å². The van der Waals surface area contributed by atoms with E-state index >= 15 is 4.39 Å². The molecule has 2 fully saturated rings. The van der Waals surface area contributed by atoms with Crippen LogP contribution in [0.15, 0.2) is 30.9 Å². The zero-order valence-corrected chi connectivity index (χ0v) is 21.0. The molecule has 1 aliphatic carbocycles. The van der Waals surface area contributed by atoms with E-state index in [-0.39, 0.29) is 48.1 Å². The minimum absolute atomic E-state index is 0.00469. The Balaban J connectivity index is 1.42. The zero-order chi connectivity index (χ0) is 27.2. The molecule has 38 heavy (non-hydrogen) atoms. The van der Waals surface area contributed by atoms with Gasteiger partial charge in [0.2, 0.25) is 11.7 Å². The molecule has 2 aromatic rings. The number of nitrogens with one attached hydrogen (secondary N) is 2. The van der Waals surface area contributed by atoms with Crippen molar-refractivity contribution in [2.75, 3.05) is 6.54 Å². The molecule has 0 radical (unpaired) electrons. The van der Waals surface area contributed by atoms with Gasteiger partial charge in [-0.1, -0.05) is 25.0 Å². The molecule has 3 heterocycles. The van der Waals surface area contributed by atoms with Gasteiger partial charge in [-0.2, -0.15) is 13.2 Å². The summed E-state index contributed by atoms with van der Waals surface area (Å²) in [5.41, 5.74) is 6.41. The SMILES string of the molecule is C=CCC1c2nnc(C(F)(F)F)n2C(C)CN1C(=O)c1cc(CC2NNC(=O)C3CCCCC23)ccc1F. The number of aromatic nitrogens is 3. The quantitative estimate of drug-likeness (QED) is 0.445. The first-order chi connectivity index (χ1) is 18.1. The lowest BCUT2D eigenvalue weighted by Crippen LogP contribution is -2.60. The van der Waals surface area contributed by atoms with Crippen LogP contribution >= 0.6 is 0 Å². The number of carbonyl (C=O) groups excluding carboxylic acids is 2. The van der Waals surface area contributed by atoms with Gasteiger partial charge in [-0.25, -0.2) is 9.82 Å². The summed E-state index contributed by atoms with van der Waals surface area (Å²) in [4.78, 5) is 27.3. The van der Waals surface area contributed by atoms with Gasteiger partial charge in [0.15, 0.2) is 5.82 Å². The Morgan fingerprint density at radius 1 is 1.24 bits per heavy atom. The Labute approximate surface area is 217 Å². The summed E-state index contributed by atoms with van der Waals surface area (Å²) in [6, 6.07) is 2.65. The van der Waals surface area contributed by atoms with Crippen LogP contribution in [-0.2, 0) is 17.4 Å². The molecule has 5 atom stereocenters. The van der Waals surface area contributed by atoms with Gasteiger partial charge in [-0.3, -0.25) is 15.0 Å². The molecule has 0 spiro atoms. The highest BCUT2D eigenvalue weighted by molar-refractivity contribution is 5.95. The first-order valence-corrected chi connectivity index (χ1v) is 12.9. The van der Waals surface area contributed by atoms with Crippen molar-refractivity contribution in [3.05, 3.63) is 59.4 Å². The zero-order valence-electron chi connectivity index (χ0n) is 21.0. The predicted octanol–water partition coefficient (Wildman–Crippen LogP) is 4.12. The monoisotopic (exact) mass is 534 g/mol. The van der Waals surface area contributed by atoms with Crippen LogP contribution < -0.4 is 10.9 Å². The smallest absolute Gasteiger partial charge is 0.326 e. The van der Waals surface area contributed by atoms with Crippen molar-refractivity contribution in [2.24, 2.45) is 11.8 Å². The molecule has 2 amide bonds. The third-order valence-corrected chi connectivity index (χ3v) is 7.97. The largest absolute Gasteiger partial charge is 0.451 e. The minimum atomic E-state index is -4.70. The van der Waals surface area contributed by atoms with Crippen molar-refractivity contribution in [3.8, 4) is 0 Å². The number of alkyl halides is 3. The number of fused-ring (bicyclic) bond motifs is 2. The minimum Gasteiger partial charge on any atom is -0.326 e. The second-order valence-electron chi connectivity index (χ2n) is 10.4. The fourth-order valence-corrected chi connectivity index (χ4v) is 6.21. The average Bonchev–Trinajstić information content (AvgIpc) is 3.35. The molecule has 2 aliphatic heterocycles. The molecule has 8 nitrogen and oxygen atoms in total. The third-order valence-electron chi connectivity index (χ3n) is 7.97. The highest BCUT2D eigenvalue weighted by atomic mass is 19.4. The summed E-state index contributed by atoms with van der Waals surface area (Å²) in [5.74, 6) is -2.40. The predicted molar refractivity (Wildman–Crippen MR) is 129 cm³/mol. The van der Waals surface area contributed by atoms with Crippen molar-refractivity contribution >= 4 is 11.8 Å². The summed E-state index contributed by atoms with van der Waals surface area (Å²) in [5, 5.41) is 7.13. The van der Waals surface area contributed by atoms with Crippen molar-refractivity contribution in [1.29, 1.82) is 0 Å². The van der Waals surface area contributed by atoms with Crippen LogP contribution in [0.2, 0.25) is 0 Å². The van der Waals surface area contributed by atoms with Crippen LogP contribution in [0, 0.1) is 17.7 Å². The Kier molecular flexibility index (Phi) is 7.01. The molecule has 5 rings (SSSR count). The van der Waals surface area contributed by atoms with E-state index in [1.807, 2.05) is 0 Å². The van der Waals surface area contributed by atoms with Crippen LogP contribution in [0.25, 0.3) is 0 Å². The lowest BCUT2D eigenvalue weighted by atomic mass is 9.72. The number of hydrazine groups is 1. The highest BCUT2D eigenvalue weighted by Crippen LogP contribution is 2.39. The van der Waals surface area contributed by atoms with Crippen molar-refractivity contribution in [1.82, 2.24) is 30.5 Å². The molecule has 1 saturated heterocycles. The Morgan fingerprint density at radius 2 is 2.00 bits per heavy atom. The highest BCUT2D eigenvalue weighted by Gasteiger charge is 2.45. The Morgan fingerprint density at radius 3 is 2.74 bits per heavy atom. The molecule has 5 unspecified atom stereocenters. The van der Waals surface area contributed by atoms with E-state index in [4.69, 9.17) is 0 Å². The van der Waals surface area contributed by atoms with Gasteiger partial charge in [-0.05, 0) is 56.2 Å². The number of benzene rings is 1. The number of halogens is 4. The fourth-order valence-electron chi connectivity index (χ4n) is 6.21. The summed E-state index contributed by atoms with van der Waals surface area (Å²) in [7, 11) is 0. The van der Waals surface area contributed by atoms with Gasteiger partial charge < -0.3 is 9.47 Å². The molecule has 0 bridgehead atoms. The van der Waals surface area contributed by atoms with Gasteiger partial charge in [0.25, 0.3) is 5.91 Å². The normalized spacial score (nSPS) is 27.3. The number of carbonyl (C=O) groups is 2. The summed E-state index contributed by atoms with van der Waals surface area (Å²) in [6.07, 6.45) is 1.20. The maximum atomic E-state index is 15.0. The summed E-state index contributed by atoms with van der Waals surface area (Å²) >= 11 is 0. The Bertz CT molecular complexity index is 1240. The van der Waals surface area contributed by atoms with E-state index in [1.54, 1.807) is 13.0 Å². The molecule has 204 valence electrons. The van der Waals surface area contributed by atoms with Crippen molar-refractivity contribution in [3.63, 3.8) is 0 Å². The van der Waals surface area contributed by atoms with E-state index in [2.05, 4.69) is 27.6 Å². The van der Waals surface area contributed by atoms with E-state index in [0.717, 1.165) is 35.8 Å². The molecular formula is C26H30F4N6O2. The van der Waals surface area contributed by atoms with Gasteiger partial charge in [0.1, 0.15) is 5.82 Å². The van der Waals surface area contributed by atoms with E-state index in [1.165, 1.54) is 23.1 Å². The van der Waals surface area contributed by atoms with E-state index < -0.39 is 35.8 Å². The maximum absolute atomic E-state index is 15.0. The number of nitrogens with zero attached hydrogens (tertiary/aromatic N) is 4. The average molecular weight is 535 g/mol. The molecule has 3 aliphatic rings. The molecule has 1 aromatic carbocycles. The number of hydrogen-bond donors (Lipinski definition) is 2. The molecular weight excluding hydrogens is 504 g/mol. The van der Waals surface area contributed by atoms with Gasteiger partial charge in [0, 0.05) is 18.5 Å². The van der Waals surface area contributed by atoms with Gasteiger partial charge in [-0.15, -0.1) is 16.8 Å². The molecule has 1 aromatic heterocycles. The lowest BCUT2D eigenvalue weighted by Gasteiger charge is -2.41. The van der Waals surface area contributed by atoms with Crippen LogP contribution in [-0.4, -0.2) is 44.1 Å². The fraction of sp³-hybridized carbons (Fsp3) is 0.538. The number of rotatable bonds is 5. The first-order valence-electron chi connectivity index (χ1n) is 12.9. The molecule has 12 heteroatoms. The van der Waals surface area contributed by atoms with Gasteiger partial charge >= 0.3 is 6.18 Å². The number of amides is 2. The number of hydrogen-bond acceptors (Lipinski definition) is 5. The van der Waals surface area contributed by atoms with Crippen LogP contribution in [0.4, 0.5) is 17.6 Å². The summed E-state index contributed by atoms with van der Waals surface area (Å²) < 4.78 is 56.6. The molecule has 1 saturated carbocycles. The summed E-state index contributed by atoms with van der Waals surface area (Å²) in [6.45, 7) is 5.15. The van der Waals surface area contributed by atoms with Crippen molar-refractivity contribution < 1.29 is 27.2 Å². The van der Waals surface area contributed by atoms with Crippen molar-refractivity contribution in [2.45, 2.75) is 69.8 Å². The van der Waals surface area contributed by atoms with Crippen LogP contribution in [0.5, 0.6) is 0 Å². The lowest BCUT2D eigenvalue weighted by molar-refractivity contribution is -0.148.